The largest absolute Gasteiger partial charge is 0.462 e. The Morgan fingerprint density at radius 3 is 1.02 bits per heavy atom. The van der Waals surface area contributed by atoms with Crippen molar-refractivity contribution >= 4 is 17.9 Å². The normalized spacial score (nSPS) is 12.8. The predicted molar refractivity (Wildman–Crippen MR) is 256 cm³/mol. The SMILES string of the molecule is CC/C=C\C/C=C\C/C=C\C/C=C\C/C=C\C/C=C\C/C=C\CCCC(=O)OCC(COC(=O)CCCCCCCCC)OC(=O)CCCCCCCCCCCCCC. The Morgan fingerprint density at radius 2 is 0.650 bits per heavy atom. The van der Waals surface area contributed by atoms with Crippen LogP contribution in [0.25, 0.3) is 0 Å². The van der Waals surface area contributed by atoms with Crippen molar-refractivity contribution in [3.05, 3.63) is 85.1 Å². The van der Waals surface area contributed by atoms with Crippen LogP contribution in [0.15, 0.2) is 85.1 Å². The van der Waals surface area contributed by atoms with E-state index in [1.54, 1.807) is 0 Å². The number of ether oxygens (including phenoxy) is 3. The molecule has 0 aliphatic heterocycles. The first-order valence-corrected chi connectivity index (χ1v) is 24.6. The third-order valence-electron chi connectivity index (χ3n) is 10.2. The van der Waals surface area contributed by atoms with E-state index in [2.05, 4.69) is 106 Å². The summed E-state index contributed by atoms with van der Waals surface area (Å²) < 4.78 is 16.6. The Labute approximate surface area is 369 Å². The summed E-state index contributed by atoms with van der Waals surface area (Å²) in [6.07, 6.45) is 61.6. The Kier molecular flexibility index (Phi) is 45.5. The molecule has 0 aromatic carbocycles. The van der Waals surface area contributed by atoms with E-state index in [9.17, 15) is 14.4 Å². The van der Waals surface area contributed by atoms with Crippen LogP contribution in [0.3, 0.4) is 0 Å². The van der Waals surface area contributed by atoms with Crippen molar-refractivity contribution in [2.75, 3.05) is 13.2 Å². The van der Waals surface area contributed by atoms with Gasteiger partial charge in [-0.15, -0.1) is 0 Å². The molecule has 0 bridgehead atoms. The van der Waals surface area contributed by atoms with Crippen molar-refractivity contribution < 1.29 is 28.6 Å². The summed E-state index contributed by atoms with van der Waals surface area (Å²) in [6, 6.07) is 0. The predicted octanol–water partition coefficient (Wildman–Crippen LogP) is 16.0. The summed E-state index contributed by atoms with van der Waals surface area (Å²) in [5.74, 6) is -0.965. The summed E-state index contributed by atoms with van der Waals surface area (Å²) in [4.78, 5) is 37.7. The van der Waals surface area contributed by atoms with Gasteiger partial charge < -0.3 is 14.2 Å². The highest BCUT2D eigenvalue weighted by Crippen LogP contribution is 2.14. The topological polar surface area (TPSA) is 78.9 Å². The fourth-order valence-electron chi connectivity index (χ4n) is 6.49. The van der Waals surface area contributed by atoms with Crippen LogP contribution in [0.2, 0.25) is 0 Å². The third-order valence-corrected chi connectivity index (χ3v) is 10.2. The van der Waals surface area contributed by atoms with Crippen LogP contribution in [0, 0.1) is 0 Å². The minimum Gasteiger partial charge on any atom is -0.462 e. The average Bonchev–Trinajstić information content (AvgIpc) is 3.24. The molecule has 1 atom stereocenters. The van der Waals surface area contributed by atoms with E-state index in [1.807, 2.05) is 0 Å². The fraction of sp³-hybridized carbons (Fsp3) is 0.685. The van der Waals surface area contributed by atoms with Gasteiger partial charge in [0.15, 0.2) is 6.10 Å². The zero-order valence-corrected chi connectivity index (χ0v) is 38.9. The van der Waals surface area contributed by atoms with Gasteiger partial charge in [-0.05, 0) is 70.6 Å². The monoisotopic (exact) mass is 835 g/mol. The van der Waals surface area contributed by atoms with Gasteiger partial charge in [-0.2, -0.15) is 0 Å². The van der Waals surface area contributed by atoms with Crippen molar-refractivity contribution in [1.29, 1.82) is 0 Å². The number of hydrogen-bond donors (Lipinski definition) is 0. The van der Waals surface area contributed by atoms with Gasteiger partial charge >= 0.3 is 17.9 Å². The number of carbonyl (C=O) groups is 3. The Morgan fingerprint density at radius 1 is 0.350 bits per heavy atom. The first-order valence-electron chi connectivity index (χ1n) is 24.6. The molecule has 0 saturated heterocycles. The van der Waals surface area contributed by atoms with Crippen molar-refractivity contribution in [3.63, 3.8) is 0 Å². The fourth-order valence-corrected chi connectivity index (χ4v) is 6.49. The van der Waals surface area contributed by atoms with Crippen molar-refractivity contribution in [3.8, 4) is 0 Å². The maximum atomic E-state index is 12.7. The van der Waals surface area contributed by atoms with E-state index in [1.165, 1.54) is 83.5 Å². The smallest absolute Gasteiger partial charge is 0.306 e. The Bertz CT molecular complexity index is 1190. The van der Waals surface area contributed by atoms with Gasteiger partial charge in [0.05, 0.1) is 0 Å². The lowest BCUT2D eigenvalue weighted by molar-refractivity contribution is -0.167. The van der Waals surface area contributed by atoms with Crippen LogP contribution < -0.4 is 0 Å². The van der Waals surface area contributed by atoms with Gasteiger partial charge in [-0.3, -0.25) is 14.4 Å². The molecule has 0 aliphatic rings. The van der Waals surface area contributed by atoms with E-state index in [0.29, 0.717) is 19.3 Å². The highest BCUT2D eigenvalue weighted by atomic mass is 16.6. The lowest BCUT2D eigenvalue weighted by Gasteiger charge is -2.18. The number of hydrogen-bond acceptors (Lipinski definition) is 6. The average molecular weight is 835 g/mol. The molecule has 0 spiro atoms. The van der Waals surface area contributed by atoms with Crippen molar-refractivity contribution in [1.82, 2.24) is 0 Å². The van der Waals surface area contributed by atoms with Gasteiger partial charge in [0.2, 0.25) is 0 Å². The van der Waals surface area contributed by atoms with Crippen LogP contribution in [-0.2, 0) is 28.6 Å². The molecule has 0 fully saturated rings. The summed E-state index contributed by atoms with van der Waals surface area (Å²) in [7, 11) is 0. The molecule has 1 unspecified atom stereocenters. The van der Waals surface area contributed by atoms with Crippen molar-refractivity contribution in [2.45, 2.75) is 226 Å². The van der Waals surface area contributed by atoms with Gasteiger partial charge in [0.1, 0.15) is 13.2 Å². The lowest BCUT2D eigenvalue weighted by atomic mass is 10.0. The van der Waals surface area contributed by atoms with Gasteiger partial charge in [-0.1, -0.05) is 215 Å². The van der Waals surface area contributed by atoms with Gasteiger partial charge in [-0.25, -0.2) is 0 Å². The standard InChI is InChI=1S/C54H90O6/c1-4-7-10-13-16-18-20-22-23-24-25-26-27-28-29-30-31-32-34-35-38-41-44-47-53(56)59-50-51(49-58-52(55)46-43-40-37-15-12-9-6-3)60-54(57)48-45-42-39-36-33-21-19-17-14-11-8-5-2/h7,10,16,18,22-23,25-26,28-29,31-32,35,38,51H,4-6,8-9,11-15,17,19-21,24,27,30,33-34,36-37,39-50H2,1-3H3/b10-7-,18-16-,23-22-,26-25-,29-28-,32-31-,38-35-. The molecular formula is C54H90O6. The van der Waals surface area contributed by atoms with Crippen LogP contribution in [-0.4, -0.2) is 37.2 Å². The van der Waals surface area contributed by atoms with Gasteiger partial charge in [0, 0.05) is 19.3 Å². The molecule has 0 heterocycles. The van der Waals surface area contributed by atoms with Crippen LogP contribution in [0.4, 0.5) is 0 Å². The maximum absolute atomic E-state index is 12.7. The zero-order valence-electron chi connectivity index (χ0n) is 38.9. The number of carbonyl (C=O) groups excluding carboxylic acids is 3. The summed E-state index contributed by atoms with van der Waals surface area (Å²) in [5.41, 5.74) is 0. The molecule has 6 nitrogen and oxygen atoms in total. The molecule has 60 heavy (non-hydrogen) atoms. The minimum atomic E-state index is -0.793. The molecule has 0 rings (SSSR count). The van der Waals surface area contributed by atoms with Crippen LogP contribution >= 0.6 is 0 Å². The van der Waals surface area contributed by atoms with Crippen LogP contribution in [0.1, 0.15) is 220 Å². The Balaban J connectivity index is 4.35. The summed E-state index contributed by atoms with van der Waals surface area (Å²) in [6.45, 7) is 6.41. The molecule has 342 valence electrons. The second kappa shape index (κ2) is 48.3. The molecular weight excluding hydrogens is 745 g/mol. The molecule has 0 aromatic rings. The molecule has 0 aromatic heterocycles. The first-order chi connectivity index (χ1) is 29.5. The highest BCUT2D eigenvalue weighted by Gasteiger charge is 2.19. The number of allylic oxidation sites excluding steroid dienone is 14. The second-order valence-corrected chi connectivity index (χ2v) is 16.0. The summed E-state index contributed by atoms with van der Waals surface area (Å²) >= 11 is 0. The zero-order chi connectivity index (χ0) is 43.7. The quantitative estimate of drug-likeness (QED) is 0.0263. The van der Waals surface area contributed by atoms with E-state index in [0.717, 1.165) is 89.9 Å². The molecule has 0 N–H and O–H groups in total. The number of rotatable bonds is 43. The van der Waals surface area contributed by atoms with Gasteiger partial charge in [0.25, 0.3) is 0 Å². The van der Waals surface area contributed by atoms with E-state index >= 15 is 0 Å². The third kappa shape index (κ3) is 45.7. The number of unbranched alkanes of at least 4 members (excludes halogenated alkanes) is 18. The molecule has 6 heteroatoms. The summed E-state index contributed by atoms with van der Waals surface area (Å²) in [5, 5.41) is 0. The van der Waals surface area contributed by atoms with Crippen molar-refractivity contribution in [2.24, 2.45) is 0 Å². The number of esters is 3. The van der Waals surface area contributed by atoms with Crippen LogP contribution in [0.5, 0.6) is 0 Å². The first kappa shape index (κ1) is 56.6. The second-order valence-electron chi connectivity index (χ2n) is 16.0. The van der Waals surface area contributed by atoms with E-state index in [-0.39, 0.29) is 37.5 Å². The minimum absolute atomic E-state index is 0.0931. The Hall–Kier alpha value is -3.41. The molecule has 0 amide bonds. The highest BCUT2D eigenvalue weighted by molar-refractivity contribution is 5.71. The maximum Gasteiger partial charge on any atom is 0.306 e. The molecule has 0 saturated carbocycles. The van der Waals surface area contributed by atoms with E-state index in [4.69, 9.17) is 14.2 Å². The lowest BCUT2D eigenvalue weighted by Crippen LogP contribution is -2.30. The van der Waals surface area contributed by atoms with E-state index < -0.39 is 6.10 Å². The molecule has 0 radical (unpaired) electrons. The molecule has 0 aliphatic carbocycles.